The highest BCUT2D eigenvalue weighted by Gasteiger charge is 2.49. The molecular weight excluding hydrogens is 246 g/mol. The molecule has 3 rings (SSSR count). The van der Waals surface area contributed by atoms with Crippen molar-refractivity contribution in [3.8, 4) is 0 Å². The molecule has 2 aliphatic rings. The van der Waals surface area contributed by atoms with Crippen LogP contribution >= 0.6 is 0 Å². The average molecular weight is 271 g/mol. The molecule has 1 atom stereocenters. The number of benzene rings is 1. The van der Waals surface area contributed by atoms with Gasteiger partial charge in [0.25, 0.3) is 0 Å². The third-order valence-corrected chi connectivity index (χ3v) is 5.48. The molecule has 0 saturated heterocycles. The monoisotopic (exact) mass is 271 g/mol. The Hall–Kier alpha value is -1.31. The maximum atomic E-state index is 12.8. The summed E-state index contributed by atoms with van der Waals surface area (Å²) >= 11 is 0. The zero-order valence-corrected chi connectivity index (χ0v) is 12.9. The standard InChI is InChI=1S/C18H25NO/c1-17(11-7-4-8-12-17)13-18(2)14-9-5-6-10-15(14)19(3)16(18)20/h5-6,9-10H,4,7-8,11-13H2,1-3H3. The normalized spacial score (nSPS) is 28.6. The minimum Gasteiger partial charge on any atom is -0.314 e. The summed E-state index contributed by atoms with van der Waals surface area (Å²) in [6.45, 7) is 4.53. The van der Waals surface area contributed by atoms with E-state index < -0.39 is 0 Å². The zero-order chi connectivity index (χ0) is 14.4. The lowest BCUT2D eigenvalue weighted by Gasteiger charge is -2.39. The van der Waals surface area contributed by atoms with Crippen molar-refractivity contribution in [1.29, 1.82) is 0 Å². The van der Waals surface area contributed by atoms with Crippen LogP contribution in [0.2, 0.25) is 0 Å². The van der Waals surface area contributed by atoms with Gasteiger partial charge in [-0.15, -0.1) is 0 Å². The number of hydrogen-bond donors (Lipinski definition) is 0. The van der Waals surface area contributed by atoms with E-state index in [2.05, 4.69) is 32.0 Å². The Kier molecular flexibility index (Phi) is 3.15. The molecule has 0 aromatic heterocycles. The fourth-order valence-corrected chi connectivity index (χ4v) is 4.43. The second-order valence-electron chi connectivity index (χ2n) is 7.26. The van der Waals surface area contributed by atoms with Crippen LogP contribution in [0.3, 0.4) is 0 Å². The molecule has 2 nitrogen and oxygen atoms in total. The van der Waals surface area contributed by atoms with Crippen molar-refractivity contribution in [1.82, 2.24) is 0 Å². The number of carbonyl (C=O) groups is 1. The second kappa shape index (κ2) is 4.61. The highest BCUT2D eigenvalue weighted by atomic mass is 16.2. The van der Waals surface area contributed by atoms with Crippen molar-refractivity contribution in [3.63, 3.8) is 0 Å². The first-order chi connectivity index (χ1) is 9.46. The van der Waals surface area contributed by atoms with Gasteiger partial charge in [-0.25, -0.2) is 0 Å². The van der Waals surface area contributed by atoms with Gasteiger partial charge < -0.3 is 4.90 Å². The number of rotatable bonds is 2. The van der Waals surface area contributed by atoms with Crippen molar-refractivity contribution in [2.24, 2.45) is 5.41 Å². The molecule has 1 heterocycles. The Bertz CT molecular complexity index is 530. The van der Waals surface area contributed by atoms with Gasteiger partial charge >= 0.3 is 0 Å². The van der Waals surface area contributed by atoms with Crippen LogP contribution < -0.4 is 4.90 Å². The van der Waals surface area contributed by atoms with Gasteiger partial charge in [-0.05, 0) is 43.2 Å². The fraction of sp³-hybridized carbons (Fsp3) is 0.611. The van der Waals surface area contributed by atoms with Gasteiger partial charge in [0.2, 0.25) is 5.91 Å². The smallest absolute Gasteiger partial charge is 0.237 e. The topological polar surface area (TPSA) is 20.3 Å². The largest absolute Gasteiger partial charge is 0.314 e. The van der Waals surface area contributed by atoms with E-state index in [1.165, 1.54) is 37.7 Å². The predicted octanol–water partition coefficient (Wildman–Crippen LogP) is 4.28. The molecule has 0 N–H and O–H groups in total. The molecule has 20 heavy (non-hydrogen) atoms. The van der Waals surface area contributed by atoms with Crippen LogP contribution in [-0.2, 0) is 10.2 Å². The maximum Gasteiger partial charge on any atom is 0.237 e. The molecule has 1 saturated carbocycles. The Morgan fingerprint density at radius 2 is 1.75 bits per heavy atom. The molecule has 1 fully saturated rings. The van der Waals surface area contributed by atoms with Crippen LogP contribution in [0.5, 0.6) is 0 Å². The van der Waals surface area contributed by atoms with Gasteiger partial charge in [0.1, 0.15) is 0 Å². The molecule has 1 aromatic carbocycles. The minimum absolute atomic E-state index is 0.269. The molecule has 0 radical (unpaired) electrons. The Labute approximate surface area is 122 Å². The molecule has 1 aromatic rings. The van der Waals surface area contributed by atoms with Crippen molar-refractivity contribution >= 4 is 11.6 Å². The van der Waals surface area contributed by atoms with E-state index in [4.69, 9.17) is 0 Å². The van der Waals surface area contributed by atoms with Crippen LogP contribution in [0.4, 0.5) is 5.69 Å². The Morgan fingerprint density at radius 1 is 1.10 bits per heavy atom. The number of fused-ring (bicyclic) bond motifs is 1. The third kappa shape index (κ3) is 1.97. The first-order valence-electron chi connectivity index (χ1n) is 7.84. The van der Waals surface area contributed by atoms with Crippen molar-refractivity contribution < 1.29 is 4.79 Å². The summed E-state index contributed by atoms with van der Waals surface area (Å²) in [6, 6.07) is 8.30. The minimum atomic E-state index is -0.336. The van der Waals surface area contributed by atoms with Crippen LogP contribution in [0.1, 0.15) is 57.9 Å². The van der Waals surface area contributed by atoms with Crippen LogP contribution in [0.15, 0.2) is 24.3 Å². The van der Waals surface area contributed by atoms with Crippen LogP contribution in [0, 0.1) is 5.41 Å². The average Bonchev–Trinajstić information content (AvgIpc) is 2.62. The number of hydrogen-bond acceptors (Lipinski definition) is 1. The molecule has 0 bridgehead atoms. The number of likely N-dealkylation sites (N-methyl/N-ethyl adjacent to an activating group) is 1. The van der Waals surface area contributed by atoms with E-state index in [1.807, 2.05) is 18.0 Å². The molecular formula is C18H25NO. The van der Waals surface area contributed by atoms with Gasteiger partial charge in [-0.3, -0.25) is 4.79 Å². The molecule has 1 aliphatic carbocycles. The van der Waals surface area contributed by atoms with Crippen LogP contribution in [-0.4, -0.2) is 13.0 Å². The molecule has 108 valence electrons. The Morgan fingerprint density at radius 3 is 2.45 bits per heavy atom. The molecule has 1 unspecified atom stereocenters. The number of anilines is 1. The summed E-state index contributed by atoms with van der Waals surface area (Å²) in [5.74, 6) is 0.269. The predicted molar refractivity (Wildman–Crippen MR) is 83.0 cm³/mol. The lowest BCUT2D eigenvalue weighted by molar-refractivity contribution is -0.123. The summed E-state index contributed by atoms with van der Waals surface area (Å²) in [7, 11) is 1.91. The molecule has 1 amide bonds. The second-order valence-corrected chi connectivity index (χ2v) is 7.26. The lowest BCUT2D eigenvalue weighted by Crippen LogP contribution is -2.40. The Balaban J connectivity index is 1.97. The van der Waals surface area contributed by atoms with Crippen LogP contribution in [0.25, 0.3) is 0 Å². The van der Waals surface area contributed by atoms with E-state index in [1.54, 1.807) is 0 Å². The van der Waals surface area contributed by atoms with Crippen molar-refractivity contribution in [3.05, 3.63) is 29.8 Å². The summed E-state index contributed by atoms with van der Waals surface area (Å²) < 4.78 is 0. The molecule has 1 aliphatic heterocycles. The number of nitrogens with zero attached hydrogens (tertiary/aromatic N) is 1. The van der Waals surface area contributed by atoms with E-state index in [9.17, 15) is 4.79 Å². The first-order valence-corrected chi connectivity index (χ1v) is 7.84. The third-order valence-electron chi connectivity index (χ3n) is 5.48. The van der Waals surface area contributed by atoms with E-state index >= 15 is 0 Å². The van der Waals surface area contributed by atoms with Crippen molar-refractivity contribution in [2.45, 2.75) is 57.8 Å². The number of para-hydroxylation sites is 1. The van der Waals surface area contributed by atoms with E-state index in [0.29, 0.717) is 5.41 Å². The molecule has 2 heteroatoms. The highest BCUT2D eigenvalue weighted by Crippen LogP contribution is 2.51. The van der Waals surface area contributed by atoms with Gasteiger partial charge in [0, 0.05) is 12.7 Å². The van der Waals surface area contributed by atoms with Crippen molar-refractivity contribution in [2.75, 3.05) is 11.9 Å². The van der Waals surface area contributed by atoms with Gasteiger partial charge in [-0.1, -0.05) is 44.4 Å². The SMILES string of the molecule is CN1C(=O)C(C)(CC2(C)CCCCC2)c2ccccc21. The quantitative estimate of drug-likeness (QED) is 0.786. The maximum absolute atomic E-state index is 12.8. The van der Waals surface area contributed by atoms with E-state index in [-0.39, 0.29) is 11.3 Å². The fourth-order valence-electron chi connectivity index (χ4n) is 4.43. The summed E-state index contributed by atoms with van der Waals surface area (Å²) in [6.07, 6.45) is 7.51. The van der Waals surface area contributed by atoms with Gasteiger partial charge in [0.05, 0.1) is 5.41 Å². The van der Waals surface area contributed by atoms with Gasteiger partial charge in [0.15, 0.2) is 0 Å². The summed E-state index contributed by atoms with van der Waals surface area (Å²) in [5.41, 5.74) is 2.30. The number of carbonyl (C=O) groups excluding carboxylic acids is 1. The number of amides is 1. The lowest BCUT2D eigenvalue weighted by atomic mass is 9.64. The summed E-state index contributed by atoms with van der Waals surface area (Å²) in [4.78, 5) is 14.7. The van der Waals surface area contributed by atoms with Gasteiger partial charge in [-0.2, -0.15) is 0 Å². The summed E-state index contributed by atoms with van der Waals surface area (Å²) in [5, 5.41) is 0. The van der Waals surface area contributed by atoms with E-state index in [0.717, 1.165) is 12.1 Å². The molecule has 0 spiro atoms. The first kappa shape index (κ1) is 13.7. The zero-order valence-electron chi connectivity index (χ0n) is 12.9. The highest BCUT2D eigenvalue weighted by molar-refractivity contribution is 6.07.